The Balaban J connectivity index is 0.00000338. The normalized spacial score (nSPS) is 10.8. The SMILES string of the molecule is CCNC(=NCc1cccnc1N(C)C)NCCc1ccc(Cl)cc1.I. The van der Waals surface area contributed by atoms with E-state index in [0.717, 1.165) is 41.9 Å². The third-order valence-corrected chi connectivity index (χ3v) is 3.91. The molecule has 0 aliphatic carbocycles. The van der Waals surface area contributed by atoms with Gasteiger partial charge < -0.3 is 15.5 Å². The Kier molecular flexibility index (Phi) is 10.3. The lowest BCUT2D eigenvalue weighted by atomic mass is 10.1. The molecule has 0 aliphatic rings. The van der Waals surface area contributed by atoms with Crippen molar-refractivity contribution in [3.8, 4) is 0 Å². The molecule has 1 aromatic carbocycles. The average Bonchev–Trinajstić information content (AvgIpc) is 2.61. The number of anilines is 1. The summed E-state index contributed by atoms with van der Waals surface area (Å²) in [5.74, 6) is 1.76. The molecule has 0 saturated heterocycles. The van der Waals surface area contributed by atoms with Crippen molar-refractivity contribution in [2.45, 2.75) is 19.9 Å². The van der Waals surface area contributed by atoms with Crippen molar-refractivity contribution >= 4 is 47.4 Å². The van der Waals surface area contributed by atoms with Crippen LogP contribution in [-0.4, -0.2) is 38.1 Å². The van der Waals surface area contributed by atoms with Gasteiger partial charge in [0.15, 0.2) is 5.96 Å². The second-order valence-electron chi connectivity index (χ2n) is 5.88. The van der Waals surface area contributed by atoms with Crippen LogP contribution in [0.1, 0.15) is 18.1 Å². The van der Waals surface area contributed by atoms with Crippen LogP contribution in [0.2, 0.25) is 5.02 Å². The summed E-state index contributed by atoms with van der Waals surface area (Å²) in [7, 11) is 3.98. The summed E-state index contributed by atoms with van der Waals surface area (Å²) < 4.78 is 0. The monoisotopic (exact) mass is 487 g/mol. The molecular weight excluding hydrogens is 461 g/mol. The second-order valence-corrected chi connectivity index (χ2v) is 6.32. The number of nitrogens with one attached hydrogen (secondary N) is 2. The molecule has 0 atom stereocenters. The van der Waals surface area contributed by atoms with Gasteiger partial charge in [-0.2, -0.15) is 0 Å². The van der Waals surface area contributed by atoms with Crippen LogP contribution < -0.4 is 15.5 Å². The van der Waals surface area contributed by atoms with Gasteiger partial charge in [0.2, 0.25) is 0 Å². The van der Waals surface area contributed by atoms with Gasteiger partial charge in [-0.1, -0.05) is 29.8 Å². The molecule has 142 valence electrons. The van der Waals surface area contributed by atoms with Gasteiger partial charge in [-0.05, 0) is 37.1 Å². The first-order chi connectivity index (χ1) is 12.1. The van der Waals surface area contributed by atoms with E-state index in [1.165, 1.54) is 5.56 Å². The van der Waals surface area contributed by atoms with E-state index in [1.807, 2.05) is 49.3 Å². The van der Waals surface area contributed by atoms with Gasteiger partial charge in [-0.25, -0.2) is 9.98 Å². The molecule has 1 aromatic heterocycles. The highest BCUT2D eigenvalue weighted by molar-refractivity contribution is 14.0. The van der Waals surface area contributed by atoms with Gasteiger partial charge in [0.05, 0.1) is 6.54 Å². The molecule has 1 heterocycles. The maximum absolute atomic E-state index is 5.92. The van der Waals surface area contributed by atoms with Crippen LogP contribution in [0.5, 0.6) is 0 Å². The van der Waals surface area contributed by atoms with Crippen molar-refractivity contribution in [3.63, 3.8) is 0 Å². The van der Waals surface area contributed by atoms with E-state index in [0.29, 0.717) is 6.54 Å². The van der Waals surface area contributed by atoms with Gasteiger partial charge in [-0.3, -0.25) is 0 Å². The number of rotatable bonds is 7. The van der Waals surface area contributed by atoms with Crippen LogP contribution in [0.3, 0.4) is 0 Å². The van der Waals surface area contributed by atoms with Gasteiger partial charge in [0.25, 0.3) is 0 Å². The number of pyridine rings is 1. The molecule has 2 aromatic rings. The van der Waals surface area contributed by atoms with Gasteiger partial charge in [0, 0.05) is 44.0 Å². The van der Waals surface area contributed by atoms with E-state index in [4.69, 9.17) is 11.6 Å². The maximum Gasteiger partial charge on any atom is 0.191 e. The molecule has 2 rings (SSSR count). The van der Waals surface area contributed by atoms with Crippen molar-refractivity contribution in [1.82, 2.24) is 15.6 Å². The molecule has 26 heavy (non-hydrogen) atoms. The Morgan fingerprint density at radius 3 is 2.54 bits per heavy atom. The van der Waals surface area contributed by atoms with Crippen molar-refractivity contribution < 1.29 is 0 Å². The molecule has 2 N–H and O–H groups in total. The van der Waals surface area contributed by atoms with E-state index < -0.39 is 0 Å². The molecule has 0 bridgehead atoms. The smallest absolute Gasteiger partial charge is 0.191 e. The van der Waals surface area contributed by atoms with E-state index in [1.54, 1.807) is 6.20 Å². The minimum absolute atomic E-state index is 0. The Hall–Kier alpha value is -1.54. The number of aliphatic imine (C=N–C) groups is 1. The molecule has 7 heteroatoms. The zero-order valence-corrected chi connectivity index (χ0v) is 18.6. The molecule has 0 saturated carbocycles. The minimum Gasteiger partial charge on any atom is -0.362 e. The first-order valence-electron chi connectivity index (χ1n) is 8.48. The maximum atomic E-state index is 5.92. The van der Waals surface area contributed by atoms with Crippen LogP contribution in [-0.2, 0) is 13.0 Å². The van der Waals surface area contributed by atoms with Crippen molar-refractivity contribution in [2.24, 2.45) is 4.99 Å². The number of hydrogen-bond donors (Lipinski definition) is 2. The molecule has 0 aliphatic heterocycles. The second kappa shape index (κ2) is 12.0. The van der Waals surface area contributed by atoms with Gasteiger partial charge in [-0.15, -0.1) is 24.0 Å². The quantitative estimate of drug-likeness (QED) is 0.355. The molecule has 0 fully saturated rings. The van der Waals surface area contributed by atoms with Gasteiger partial charge >= 0.3 is 0 Å². The fourth-order valence-electron chi connectivity index (χ4n) is 2.44. The predicted octanol–water partition coefficient (Wildman–Crippen LogP) is 3.72. The molecule has 0 radical (unpaired) electrons. The molecule has 0 spiro atoms. The highest BCUT2D eigenvalue weighted by Gasteiger charge is 2.05. The van der Waals surface area contributed by atoms with Crippen LogP contribution >= 0.6 is 35.6 Å². The third kappa shape index (κ3) is 7.37. The van der Waals surface area contributed by atoms with Crippen molar-refractivity contribution in [1.29, 1.82) is 0 Å². The number of guanidine groups is 1. The fourth-order valence-corrected chi connectivity index (χ4v) is 2.56. The lowest BCUT2D eigenvalue weighted by molar-refractivity contribution is 0.799. The number of aromatic nitrogens is 1. The van der Waals surface area contributed by atoms with Gasteiger partial charge in [0.1, 0.15) is 5.82 Å². The number of halogens is 2. The van der Waals surface area contributed by atoms with Crippen LogP contribution in [0.25, 0.3) is 0 Å². The molecule has 0 amide bonds. The standard InChI is InChI=1S/C19H26ClN5.HI/c1-4-21-19(23-13-11-15-7-9-17(20)10-8-15)24-14-16-6-5-12-22-18(16)25(2)3;/h5-10,12H,4,11,13-14H2,1-3H3,(H2,21,23,24);1H. The summed E-state index contributed by atoms with van der Waals surface area (Å²) >= 11 is 5.92. The van der Waals surface area contributed by atoms with Crippen LogP contribution in [0.4, 0.5) is 5.82 Å². The molecule has 0 unspecified atom stereocenters. The Morgan fingerprint density at radius 1 is 1.15 bits per heavy atom. The highest BCUT2D eigenvalue weighted by Crippen LogP contribution is 2.15. The zero-order valence-electron chi connectivity index (χ0n) is 15.5. The third-order valence-electron chi connectivity index (χ3n) is 3.66. The summed E-state index contributed by atoms with van der Waals surface area (Å²) in [5, 5.41) is 7.42. The Morgan fingerprint density at radius 2 is 1.88 bits per heavy atom. The lowest BCUT2D eigenvalue weighted by Gasteiger charge is -2.15. The summed E-state index contributed by atoms with van der Waals surface area (Å²) in [6.45, 7) is 4.27. The summed E-state index contributed by atoms with van der Waals surface area (Å²) in [6.07, 6.45) is 2.72. The average molecular weight is 488 g/mol. The Labute approximate surface area is 178 Å². The summed E-state index contributed by atoms with van der Waals surface area (Å²) in [6, 6.07) is 11.9. The summed E-state index contributed by atoms with van der Waals surface area (Å²) in [5.41, 5.74) is 2.34. The summed E-state index contributed by atoms with van der Waals surface area (Å²) in [4.78, 5) is 11.1. The fraction of sp³-hybridized carbons (Fsp3) is 0.368. The largest absolute Gasteiger partial charge is 0.362 e. The highest BCUT2D eigenvalue weighted by atomic mass is 127. The first-order valence-corrected chi connectivity index (χ1v) is 8.85. The Bertz CT molecular complexity index is 689. The topological polar surface area (TPSA) is 52.6 Å². The minimum atomic E-state index is 0. The van der Waals surface area contributed by atoms with E-state index in [9.17, 15) is 0 Å². The number of nitrogens with zero attached hydrogens (tertiary/aromatic N) is 3. The zero-order chi connectivity index (χ0) is 18.1. The van der Waals surface area contributed by atoms with E-state index in [-0.39, 0.29) is 24.0 Å². The van der Waals surface area contributed by atoms with Crippen molar-refractivity contribution in [3.05, 3.63) is 58.7 Å². The van der Waals surface area contributed by atoms with E-state index in [2.05, 4.69) is 33.6 Å². The van der Waals surface area contributed by atoms with E-state index >= 15 is 0 Å². The first kappa shape index (κ1) is 22.5. The van der Waals surface area contributed by atoms with Crippen LogP contribution in [0, 0.1) is 0 Å². The van der Waals surface area contributed by atoms with Crippen LogP contribution in [0.15, 0.2) is 47.6 Å². The lowest BCUT2D eigenvalue weighted by Crippen LogP contribution is -2.38. The molecular formula is C19H27ClIN5. The number of benzene rings is 1. The molecule has 5 nitrogen and oxygen atoms in total. The predicted molar refractivity (Wildman–Crippen MR) is 122 cm³/mol. The van der Waals surface area contributed by atoms with Crippen molar-refractivity contribution in [2.75, 3.05) is 32.1 Å². The number of hydrogen-bond acceptors (Lipinski definition) is 3.